The first-order valence-corrected chi connectivity index (χ1v) is 12.1. The third-order valence-corrected chi connectivity index (χ3v) is 6.31. The number of aromatic hydroxyl groups is 1. The number of nitrogens with one attached hydrogen (secondary N) is 1. The fourth-order valence-corrected chi connectivity index (χ4v) is 4.44. The highest BCUT2D eigenvalue weighted by molar-refractivity contribution is 6.08. The molecular weight excluding hydrogens is 499 g/mol. The lowest BCUT2D eigenvalue weighted by atomic mass is 9.95. The molecule has 9 heteroatoms. The van der Waals surface area contributed by atoms with Crippen LogP contribution in [-0.4, -0.2) is 33.1 Å². The Hall–Kier alpha value is -5.05. The highest BCUT2D eigenvalue weighted by Gasteiger charge is 2.23. The number of halogens is 1. The molecule has 39 heavy (non-hydrogen) atoms. The van der Waals surface area contributed by atoms with Crippen molar-refractivity contribution in [3.63, 3.8) is 0 Å². The van der Waals surface area contributed by atoms with E-state index >= 15 is 0 Å². The topological polar surface area (TPSA) is 106 Å². The van der Waals surface area contributed by atoms with Gasteiger partial charge in [-0.25, -0.2) is 9.37 Å². The lowest BCUT2D eigenvalue weighted by Crippen LogP contribution is -2.15. The number of hydrogen-bond donors (Lipinski definition) is 2. The van der Waals surface area contributed by atoms with Crippen LogP contribution >= 0.6 is 0 Å². The fourth-order valence-electron chi connectivity index (χ4n) is 4.44. The Bertz CT molecular complexity index is 1720. The lowest BCUT2D eigenvalue weighted by molar-refractivity contribution is 0.102. The average molecular weight is 525 g/mol. The number of amides is 1. The number of aryl methyl sites for hydroxylation is 3. The van der Waals surface area contributed by atoms with E-state index in [1.165, 1.54) is 12.1 Å². The van der Waals surface area contributed by atoms with Gasteiger partial charge < -0.3 is 19.9 Å². The Labute approximate surface area is 224 Å². The highest BCUT2D eigenvalue weighted by Crippen LogP contribution is 2.38. The molecule has 2 N–H and O–H groups in total. The molecule has 0 aliphatic heterocycles. The van der Waals surface area contributed by atoms with Gasteiger partial charge in [-0.2, -0.15) is 0 Å². The molecule has 0 atom stereocenters. The van der Waals surface area contributed by atoms with Crippen molar-refractivity contribution in [2.45, 2.75) is 20.8 Å². The van der Waals surface area contributed by atoms with Crippen molar-refractivity contribution in [1.29, 1.82) is 0 Å². The molecule has 2 aromatic carbocycles. The molecule has 0 bridgehead atoms. The third kappa shape index (κ3) is 5.06. The first-order valence-electron chi connectivity index (χ1n) is 12.1. The van der Waals surface area contributed by atoms with Crippen LogP contribution < -0.4 is 14.8 Å². The number of carbonyl (C=O) groups excluding carboxylic acids is 1. The normalized spacial score (nSPS) is 10.9. The van der Waals surface area contributed by atoms with Crippen molar-refractivity contribution in [3.05, 3.63) is 95.3 Å². The van der Waals surface area contributed by atoms with Crippen molar-refractivity contribution in [1.82, 2.24) is 15.0 Å². The molecule has 1 amide bonds. The van der Waals surface area contributed by atoms with Crippen LogP contribution in [0.3, 0.4) is 0 Å². The maximum atomic E-state index is 13.7. The zero-order valence-corrected chi connectivity index (χ0v) is 21.7. The molecule has 5 aromatic rings. The SMILES string of the molecule is COc1cnc2c(Oc3ccc(NC(=O)c4c(C)nc(C)c(-c5ccc(F)cc5C)c4O)cc3)ccnc2c1. The molecule has 0 radical (unpaired) electrons. The lowest BCUT2D eigenvalue weighted by Gasteiger charge is -2.16. The van der Waals surface area contributed by atoms with E-state index in [0.717, 1.165) is 0 Å². The van der Waals surface area contributed by atoms with Gasteiger partial charge in [-0.15, -0.1) is 0 Å². The van der Waals surface area contributed by atoms with Crippen LogP contribution in [0.15, 0.2) is 67.0 Å². The first-order chi connectivity index (χ1) is 18.7. The molecule has 196 valence electrons. The number of nitrogens with zero attached hydrogens (tertiary/aromatic N) is 3. The summed E-state index contributed by atoms with van der Waals surface area (Å²) in [6.45, 7) is 5.13. The summed E-state index contributed by atoms with van der Waals surface area (Å²) in [6, 6.07) is 14.5. The van der Waals surface area contributed by atoms with Crippen LogP contribution in [0.25, 0.3) is 22.2 Å². The number of aromatic nitrogens is 3. The van der Waals surface area contributed by atoms with Crippen LogP contribution in [0, 0.1) is 26.6 Å². The van der Waals surface area contributed by atoms with Gasteiger partial charge >= 0.3 is 0 Å². The number of carbonyl (C=O) groups is 1. The van der Waals surface area contributed by atoms with Crippen molar-refractivity contribution in [2.75, 3.05) is 12.4 Å². The van der Waals surface area contributed by atoms with Crippen molar-refractivity contribution < 1.29 is 23.8 Å². The van der Waals surface area contributed by atoms with E-state index in [1.54, 1.807) is 82.7 Å². The zero-order chi connectivity index (χ0) is 27.7. The molecule has 0 saturated heterocycles. The molecular formula is C30H25FN4O4. The number of anilines is 1. The molecule has 0 aliphatic rings. The maximum Gasteiger partial charge on any atom is 0.261 e. The number of methoxy groups -OCH3 is 1. The minimum Gasteiger partial charge on any atom is -0.506 e. The van der Waals surface area contributed by atoms with Crippen LogP contribution in [-0.2, 0) is 0 Å². The predicted molar refractivity (Wildman–Crippen MR) is 146 cm³/mol. The Morgan fingerprint density at radius 1 is 0.949 bits per heavy atom. The standard InChI is InChI=1S/C30H25FN4O4/c1-16-13-19(31)5-10-23(16)26-17(2)34-18(3)27(29(26)36)30(37)35-20-6-8-21(9-7-20)39-25-11-12-32-24-14-22(38-4)15-33-28(24)25/h5-15H,1-4H3,(H,34,36)(H,35,37). The van der Waals surface area contributed by atoms with Gasteiger partial charge in [0.25, 0.3) is 5.91 Å². The van der Waals surface area contributed by atoms with E-state index in [1.807, 2.05) is 0 Å². The largest absolute Gasteiger partial charge is 0.506 e. The Morgan fingerprint density at radius 3 is 2.44 bits per heavy atom. The second-order valence-electron chi connectivity index (χ2n) is 8.97. The Balaban J connectivity index is 1.38. The summed E-state index contributed by atoms with van der Waals surface area (Å²) in [6.07, 6.45) is 3.22. The number of fused-ring (bicyclic) bond motifs is 1. The van der Waals surface area contributed by atoms with E-state index in [-0.39, 0.29) is 17.1 Å². The summed E-state index contributed by atoms with van der Waals surface area (Å²) in [5, 5.41) is 13.9. The molecule has 3 heterocycles. The first kappa shape index (κ1) is 25.6. The number of pyridine rings is 3. The molecule has 5 rings (SSSR count). The molecule has 0 fully saturated rings. The summed E-state index contributed by atoms with van der Waals surface area (Å²) in [7, 11) is 1.56. The minimum absolute atomic E-state index is 0.0457. The maximum absolute atomic E-state index is 13.7. The fraction of sp³-hybridized carbons (Fsp3) is 0.133. The molecule has 8 nitrogen and oxygen atoms in total. The van der Waals surface area contributed by atoms with Crippen LogP contribution in [0.5, 0.6) is 23.0 Å². The van der Waals surface area contributed by atoms with E-state index in [4.69, 9.17) is 9.47 Å². The van der Waals surface area contributed by atoms with E-state index < -0.39 is 5.91 Å². The number of benzene rings is 2. The van der Waals surface area contributed by atoms with Crippen molar-refractivity contribution >= 4 is 22.6 Å². The summed E-state index contributed by atoms with van der Waals surface area (Å²) in [5.74, 6) is 0.536. The number of ether oxygens (including phenoxy) is 2. The van der Waals surface area contributed by atoms with E-state index in [2.05, 4.69) is 20.3 Å². The zero-order valence-electron chi connectivity index (χ0n) is 21.7. The molecule has 0 saturated carbocycles. The molecule has 0 unspecified atom stereocenters. The van der Waals surface area contributed by atoms with E-state index in [9.17, 15) is 14.3 Å². The molecule has 0 aliphatic carbocycles. The van der Waals surface area contributed by atoms with Gasteiger partial charge in [0.15, 0.2) is 5.75 Å². The third-order valence-electron chi connectivity index (χ3n) is 6.31. The van der Waals surface area contributed by atoms with Gasteiger partial charge in [0.1, 0.15) is 34.1 Å². The van der Waals surface area contributed by atoms with Gasteiger partial charge in [0, 0.05) is 35.3 Å². The van der Waals surface area contributed by atoms with Gasteiger partial charge in [-0.05, 0) is 68.3 Å². The summed E-state index contributed by atoms with van der Waals surface area (Å²) in [4.78, 5) is 26.4. The Morgan fingerprint density at radius 2 is 1.72 bits per heavy atom. The predicted octanol–water partition coefficient (Wildman–Crippen LogP) is 6.51. The number of rotatable bonds is 6. The van der Waals surface area contributed by atoms with Gasteiger partial charge in [0.05, 0.1) is 24.5 Å². The van der Waals surface area contributed by atoms with Gasteiger partial charge in [-0.1, -0.05) is 6.07 Å². The van der Waals surface area contributed by atoms with E-state index in [0.29, 0.717) is 62.0 Å². The average Bonchev–Trinajstić information content (AvgIpc) is 2.90. The highest BCUT2D eigenvalue weighted by atomic mass is 19.1. The van der Waals surface area contributed by atoms with Crippen LogP contribution in [0.1, 0.15) is 27.3 Å². The van der Waals surface area contributed by atoms with Gasteiger partial charge in [0.2, 0.25) is 0 Å². The second kappa shape index (κ2) is 10.4. The monoisotopic (exact) mass is 524 g/mol. The quantitative estimate of drug-likeness (QED) is 0.261. The van der Waals surface area contributed by atoms with Crippen molar-refractivity contribution in [2.24, 2.45) is 0 Å². The second-order valence-corrected chi connectivity index (χ2v) is 8.97. The summed E-state index contributed by atoms with van der Waals surface area (Å²) >= 11 is 0. The smallest absolute Gasteiger partial charge is 0.261 e. The Kier molecular flexibility index (Phi) is 6.81. The summed E-state index contributed by atoms with van der Waals surface area (Å²) in [5.41, 5.74) is 4.28. The molecule has 0 spiro atoms. The van der Waals surface area contributed by atoms with Crippen LogP contribution in [0.4, 0.5) is 10.1 Å². The van der Waals surface area contributed by atoms with Gasteiger partial charge in [-0.3, -0.25) is 14.8 Å². The summed E-state index contributed by atoms with van der Waals surface area (Å²) < 4.78 is 24.9. The van der Waals surface area contributed by atoms with Crippen molar-refractivity contribution in [3.8, 4) is 34.1 Å². The minimum atomic E-state index is -0.523. The molecule has 3 aromatic heterocycles. The van der Waals surface area contributed by atoms with Crippen LogP contribution in [0.2, 0.25) is 0 Å². The number of hydrogen-bond acceptors (Lipinski definition) is 7.